The minimum absolute atomic E-state index is 0.332. The first kappa shape index (κ1) is 10.5. The topological polar surface area (TPSA) is 46.5 Å². The summed E-state index contributed by atoms with van der Waals surface area (Å²) in [4.78, 5) is 10.4. The van der Waals surface area contributed by atoms with Crippen molar-refractivity contribution in [3.05, 3.63) is 0 Å². The molecule has 0 heterocycles. The van der Waals surface area contributed by atoms with Gasteiger partial charge in [-0.1, -0.05) is 0 Å². The highest BCUT2D eigenvalue weighted by molar-refractivity contribution is 5.67. The minimum atomic E-state index is -0.667. The van der Waals surface area contributed by atoms with Gasteiger partial charge in [-0.2, -0.15) is 0 Å². The quantitative estimate of drug-likeness (QED) is 0.731. The van der Waals surface area contributed by atoms with Gasteiger partial charge in [0.05, 0.1) is 6.10 Å². The molecule has 0 spiro atoms. The lowest BCUT2D eigenvalue weighted by atomic mass is 9.85. The van der Waals surface area contributed by atoms with E-state index in [1.54, 1.807) is 0 Å². The zero-order valence-corrected chi connectivity index (χ0v) is 8.16. The molecule has 1 aliphatic carbocycles. The zero-order chi connectivity index (χ0) is 9.68. The summed E-state index contributed by atoms with van der Waals surface area (Å²) in [6.45, 7) is 2.78. The van der Waals surface area contributed by atoms with Crippen molar-refractivity contribution in [2.45, 2.75) is 45.1 Å². The van der Waals surface area contributed by atoms with Crippen LogP contribution in [0.15, 0.2) is 0 Å². The zero-order valence-electron chi connectivity index (χ0n) is 8.16. The third-order valence-corrected chi connectivity index (χ3v) is 2.66. The van der Waals surface area contributed by atoms with Crippen molar-refractivity contribution in [3.63, 3.8) is 0 Å². The van der Waals surface area contributed by atoms with Crippen LogP contribution in [-0.4, -0.2) is 23.8 Å². The Balaban J connectivity index is 2.18. The molecule has 1 fully saturated rings. The third kappa shape index (κ3) is 3.77. The van der Waals surface area contributed by atoms with Gasteiger partial charge >= 0.3 is 5.97 Å². The first-order valence-electron chi connectivity index (χ1n) is 5.05. The van der Waals surface area contributed by atoms with Gasteiger partial charge in [0.1, 0.15) is 0 Å². The maximum atomic E-state index is 10.4. The number of ether oxygens (including phenoxy) is 1. The second-order valence-corrected chi connectivity index (χ2v) is 3.70. The predicted molar refractivity (Wildman–Crippen MR) is 49.6 cm³/mol. The Labute approximate surface area is 79.1 Å². The van der Waals surface area contributed by atoms with Crippen molar-refractivity contribution in [2.75, 3.05) is 6.61 Å². The summed E-state index contributed by atoms with van der Waals surface area (Å²) >= 11 is 0. The molecule has 0 aromatic rings. The molecule has 0 aliphatic heterocycles. The van der Waals surface area contributed by atoms with Crippen molar-refractivity contribution in [1.29, 1.82) is 0 Å². The fraction of sp³-hybridized carbons (Fsp3) is 0.900. The summed E-state index contributed by atoms with van der Waals surface area (Å²) in [6, 6.07) is 0. The monoisotopic (exact) mass is 186 g/mol. The minimum Gasteiger partial charge on any atom is -0.481 e. The van der Waals surface area contributed by atoms with E-state index in [1.165, 1.54) is 0 Å². The lowest BCUT2D eigenvalue weighted by molar-refractivity contribution is -0.138. The van der Waals surface area contributed by atoms with Crippen LogP contribution in [0.5, 0.6) is 0 Å². The number of carboxylic acids is 1. The van der Waals surface area contributed by atoms with Crippen molar-refractivity contribution in [2.24, 2.45) is 5.92 Å². The molecule has 0 aromatic carbocycles. The highest BCUT2D eigenvalue weighted by Gasteiger charge is 2.22. The maximum Gasteiger partial charge on any atom is 0.303 e. The van der Waals surface area contributed by atoms with E-state index < -0.39 is 5.97 Å². The van der Waals surface area contributed by atoms with Gasteiger partial charge in [0.25, 0.3) is 0 Å². The molecule has 0 amide bonds. The number of carbonyl (C=O) groups is 1. The second kappa shape index (κ2) is 5.22. The van der Waals surface area contributed by atoms with Gasteiger partial charge in [-0.15, -0.1) is 0 Å². The van der Waals surface area contributed by atoms with Crippen LogP contribution in [0.1, 0.15) is 39.0 Å². The number of carboxylic acid groups (broad SMARTS) is 1. The molecule has 3 nitrogen and oxygen atoms in total. The molecule has 0 aromatic heterocycles. The van der Waals surface area contributed by atoms with Gasteiger partial charge in [-0.3, -0.25) is 4.79 Å². The Hall–Kier alpha value is -0.570. The normalized spacial score (nSPS) is 28.7. The van der Waals surface area contributed by atoms with Crippen LogP contribution in [0.25, 0.3) is 0 Å². The molecule has 0 bridgehead atoms. The maximum absolute atomic E-state index is 10.4. The lowest BCUT2D eigenvalue weighted by Gasteiger charge is -2.27. The molecule has 13 heavy (non-hydrogen) atoms. The molecule has 0 radical (unpaired) electrons. The number of hydrogen-bond acceptors (Lipinski definition) is 2. The van der Waals surface area contributed by atoms with Crippen LogP contribution in [0.2, 0.25) is 0 Å². The molecule has 0 unspecified atom stereocenters. The molecule has 3 heteroatoms. The van der Waals surface area contributed by atoms with E-state index in [2.05, 4.69) is 0 Å². The molecule has 1 saturated carbocycles. The van der Waals surface area contributed by atoms with Gasteiger partial charge in [0.15, 0.2) is 0 Å². The van der Waals surface area contributed by atoms with Crippen LogP contribution in [0.4, 0.5) is 0 Å². The average Bonchev–Trinajstić information content (AvgIpc) is 2.08. The summed E-state index contributed by atoms with van der Waals surface area (Å²) in [6.07, 6.45) is 4.81. The van der Waals surface area contributed by atoms with Crippen LogP contribution in [-0.2, 0) is 9.53 Å². The van der Waals surface area contributed by atoms with Gasteiger partial charge in [0, 0.05) is 13.0 Å². The fourth-order valence-electron chi connectivity index (χ4n) is 1.99. The molecule has 1 aliphatic rings. The highest BCUT2D eigenvalue weighted by Crippen LogP contribution is 2.28. The molecular weight excluding hydrogens is 168 g/mol. The summed E-state index contributed by atoms with van der Waals surface area (Å²) in [5, 5.41) is 8.60. The molecular formula is C10H18O3. The largest absolute Gasteiger partial charge is 0.481 e. The third-order valence-electron chi connectivity index (χ3n) is 2.66. The van der Waals surface area contributed by atoms with E-state index in [4.69, 9.17) is 9.84 Å². The van der Waals surface area contributed by atoms with Crippen molar-refractivity contribution < 1.29 is 14.6 Å². The van der Waals surface area contributed by atoms with Gasteiger partial charge < -0.3 is 9.84 Å². The lowest BCUT2D eigenvalue weighted by Crippen LogP contribution is -2.23. The summed E-state index contributed by atoms with van der Waals surface area (Å²) in [7, 11) is 0. The van der Waals surface area contributed by atoms with E-state index >= 15 is 0 Å². The van der Waals surface area contributed by atoms with Crippen LogP contribution in [0, 0.1) is 5.92 Å². The summed E-state index contributed by atoms with van der Waals surface area (Å²) in [5.41, 5.74) is 0. The predicted octanol–water partition coefficient (Wildman–Crippen LogP) is 2.06. The van der Waals surface area contributed by atoms with E-state index in [0.29, 0.717) is 18.4 Å². The summed E-state index contributed by atoms with van der Waals surface area (Å²) < 4.78 is 5.49. The molecule has 1 N–H and O–H groups in total. The van der Waals surface area contributed by atoms with E-state index in [1.807, 2.05) is 6.92 Å². The van der Waals surface area contributed by atoms with E-state index in [-0.39, 0.29) is 0 Å². The number of aliphatic carboxylic acids is 1. The number of hydrogen-bond donors (Lipinski definition) is 1. The average molecular weight is 186 g/mol. The van der Waals surface area contributed by atoms with Gasteiger partial charge in [0.2, 0.25) is 0 Å². The second-order valence-electron chi connectivity index (χ2n) is 3.70. The van der Waals surface area contributed by atoms with Crippen molar-refractivity contribution in [1.82, 2.24) is 0 Å². The van der Waals surface area contributed by atoms with Crippen LogP contribution >= 0.6 is 0 Å². The first-order valence-corrected chi connectivity index (χ1v) is 5.05. The smallest absolute Gasteiger partial charge is 0.303 e. The Kier molecular flexibility index (Phi) is 4.22. The Morgan fingerprint density at radius 2 is 2.00 bits per heavy atom. The Morgan fingerprint density at radius 1 is 1.38 bits per heavy atom. The van der Waals surface area contributed by atoms with Gasteiger partial charge in [-0.05, 0) is 38.5 Å². The van der Waals surface area contributed by atoms with E-state index in [9.17, 15) is 4.79 Å². The Morgan fingerprint density at radius 3 is 2.46 bits per heavy atom. The first-order chi connectivity index (χ1) is 6.22. The highest BCUT2D eigenvalue weighted by atomic mass is 16.5. The standard InChI is InChI=1S/C10H18O3/c1-2-13-9-5-3-8(4-6-9)7-10(11)12/h8-9H,2-7H2,1H3,(H,11,12). The molecule has 76 valence electrons. The number of rotatable bonds is 4. The van der Waals surface area contributed by atoms with E-state index in [0.717, 1.165) is 32.3 Å². The van der Waals surface area contributed by atoms with Crippen LogP contribution < -0.4 is 0 Å². The fourth-order valence-corrected chi connectivity index (χ4v) is 1.99. The molecule has 0 saturated heterocycles. The SMILES string of the molecule is CCOC1CCC(CC(=O)O)CC1. The van der Waals surface area contributed by atoms with Gasteiger partial charge in [-0.25, -0.2) is 0 Å². The molecule has 1 rings (SSSR count). The molecule has 0 atom stereocenters. The van der Waals surface area contributed by atoms with Crippen molar-refractivity contribution >= 4 is 5.97 Å². The Bertz CT molecular complexity index is 160. The van der Waals surface area contributed by atoms with Crippen molar-refractivity contribution in [3.8, 4) is 0 Å². The van der Waals surface area contributed by atoms with Crippen LogP contribution in [0.3, 0.4) is 0 Å². The summed E-state index contributed by atoms with van der Waals surface area (Å²) in [5.74, 6) is -0.283.